The second-order valence-electron chi connectivity index (χ2n) is 5.84. The number of hydrogen-bond donors (Lipinski definition) is 0. The minimum Gasteiger partial charge on any atom is -0.331 e. The van der Waals surface area contributed by atoms with E-state index >= 15 is 0 Å². The lowest BCUT2D eigenvalue weighted by molar-refractivity contribution is -0.127. The summed E-state index contributed by atoms with van der Waals surface area (Å²) >= 11 is 1.44. The monoisotopic (exact) mass is 377 g/mol. The fourth-order valence-electron chi connectivity index (χ4n) is 2.54. The van der Waals surface area contributed by atoms with E-state index < -0.39 is 0 Å². The number of hydrogen-bond acceptors (Lipinski definition) is 4. The first-order valence-electron chi connectivity index (χ1n) is 8.24. The van der Waals surface area contributed by atoms with Crippen molar-refractivity contribution < 1.29 is 9.18 Å². The summed E-state index contributed by atoms with van der Waals surface area (Å²) in [4.78, 5) is 18.5. The van der Waals surface area contributed by atoms with Crippen LogP contribution in [0.2, 0.25) is 0 Å². The number of carbonyl (C=O) groups is 1. The van der Waals surface area contributed by atoms with Crippen LogP contribution in [0.15, 0.2) is 66.2 Å². The molecule has 6 heteroatoms. The van der Waals surface area contributed by atoms with Gasteiger partial charge in [0.2, 0.25) is 5.91 Å². The highest BCUT2D eigenvalue weighted by Crippen LogP contribution is 2.14. The van der Waals surface area contributed by atoms with Crippen molar-refractivity contribution in [2.45, 2.75) is 13.1 Å². The van der Waals surface area contributed by atoms with Crippen molar-refractivity contribution in [3.8, 4) is 6.07 Å². The maximum absolute atomic E-state index is 13.5. The molecular weight excluding hydrogens is 361 g/mol. The number of nitriles is 1. The largest absolute Gasteiger partial charge is 0.331 e. The molecule has 0 spiro atoms. The van der Waals surface area contributed by atoms with Gasteiger partial charge in [-0.15, -0.1) is 11.3 Å². The van der Waals surface area contributed by atoms with E-state index in [9.17, 15) is 9.18 Å². The zero-order valence-corrected chi connectivity index (χ0v) is 15.2. The van der Waals surface area contributed by atoms with Crippen molar-refractivity contribution in [3.63, 3.8) is 0 Å². The lowest BCUT2D eigenvalue weighted by Gasteiger charge is -2.22. The van der Waals surface area contributed by atoms with Gasteiger partial charge in [0.05, 0.1) is 11.6 Å². The van der Waals surface area contributed by atoms with Crippen molar-refractivity contribution in [1.82, 2.24) is 9.88 Å². The third kappa shape index (κ3) is 5.33. The second kappa shape index (κ2) is 8.88. The number of benzene rings is 2. The second-order valence-corrected chi connectivity index (χ2v) is 6.76. The normalized spacial score (nSPS) is 10.7. The standard InChI is InChI=1S/C21H16FN3OS/c22-19-3-1-2-18(12-19)15-25(14-17-6-4-16(13-23)5-7-17)21(26)9-8-20-24-10-11-27-20/h1-12H,14-15H2/b9-8+. The zero-order chi connectivity index (χ0) is 19.1. The number of carbonyl (C=O) groups excluding carboxylic acids is 1. The third-order valence-corrected chi connectivity index (χ3v) is 4.59. The van der Waals surface area contributed by atoms with E-state index in [0.717, 1.165) is 10.6 Å². The lowest BCUT2D eigenvalue weighted by atomic mass is 10.1. The first-order chi connectivity index (χ1) is 13.1. The van der Waals surface area contributed by atoms with E-state index in [0.29, 0.717) is 17.7 Å². The molecule has 1 amide bonds. The maximum Gasteiger partial charge on any atom is 0.247 e. The zero-order valence-electron chi connectivity index (χ0n) is 14.4. The summed E-state index contributed by atoms with van der Waals surface area (Å²) in [6.07, 6.45) is 4.82. The molecule has 0 radical (unpaired) electrons. The first-order valence-corrected chi connectivity index (χ1v) is 9.12. The summed E-state index contributed by atoms with van der Waals surface area (Å²) < 4.78 is 13.5. The van der Waals surface area contributed by atoms with Crippen LogP contribution in [0.3, 0.4) is 0 Å². The summed E-state index contributed by atoms with van der Waals surface area (Å²) in [6.45, 7) is 0.627. The Hall–Kier alpha value is -3.30. The average molecular weight is 377 g/mol. The van der Waals surface area contributed by atoms with Crippen LogP contribution < -0.4 is 0 Å². The molecule has 27 heavy (non-hydrogen) atoms. The average Bonchev–Trinajstić information content (AvgIpc) is 3.20. The van der Waals surface area contributed by atoms with Gasteiger partial charge in [0.15, 0.2) is 0 Å². The van der Waals surface area contributed by atoms with Crippen molar-refractivity contribution in [3.05, 3.63) is 93.7 Å². The maximum atomic E-state index is 13.5. The topological polar surface area (TPSA) is 57.0 Å². The minimum atomic E-state index is -0.336. The summed E-state index contributed by atoms with van der Waals surface area (Å²) in [5.41, 5.74) is 2.16. The molecule has 4 nitrogen and oxygen atoms in total. The Bertz CT molecular complexity index is 975. The highest BCUT2D eigenvalue weighted by atomic mass is 32.1. The Morgan fingerprint density at radius 3 is 2.63 bits per heavy atom. The number of nitrogens with zero attached hydrogens (tertiary/aromatic N) is 3. The Morgan fingerprint density at radius 1 is 1.19 bits per heavy atom. The van der Waals surface area contributed by atoms with Gasteiger partial charge in [-0.3, -0.25) is 4.79 Å². The smallest absolute Gasteiger partial charge is 0.247 e. The molecule has 0 aliphatic rings. The molecule has 0 bridgehead atoms. The van der Waals surface area contributed by atoms with Gasteiger partial charge in [-0.2, -0.15) is 5.26 Å². The van der Waals surface area contributed by atoms with E-state index in [-0.39, 0.29) is 18.3 Å². The molecule has 0 saturated heterocycles. The predicted molar refractivity (Wildman–Crippen MR) is 103 cm³/mol. The van der Waals surface area contributed by atoms with Crippen molar-refractivity contribution >= 4 is 23.3 Å². The van der Waals surface area contributed by atoms with E-state index in [4.69, 9.17) is 5.26 Å². The molecule has 3 rings (SSSR count). The van der Waals surface area contributed by atoms with Crippen LogP contribution >= 0.6 is 11.3 Å². The molecule has 1 heterocycles. The molecule has 0 atom stereocenters. The number of amides is 1. The molecular formula is C21H16FN3OS. The van der Waals surface area contributed by atoms with E-state index in [2.05, 4.69) is 11.1 Å². The van der Waals surface area contributed by atoms with Gasteiger partial charge in [-0.25, -0.2) is 9.37 Å². The fourth-order valence-corrected chi connectivity index (χ4v) is 3.07. The SMILES string of the molecule is N#Cc1ccc(CN(Cc2cccc(F)c2)C(=O)/C=C/c2nccs2)cc1. The van der Waals surface area contributed by atoms with Crippen LogP contribution in [0.5, 0.6) is 0 Å². The molecule has 0 N–H and O–H groups in total. The van der Waals surface area contributed by atoms with Crippen LogP contribution in [0.1, 0.15) is 21.7 Å². The first kappa shape index (κ1) is 18.5. The van der Waals surface area contributed by atoms with Gasteiger partial charge in [0, 0.05) is 30.7 Å². The molecule has 0 unspecified atom stereocenters. The molecule has 134 valence electrons. The van der Waals surface area contributed by atoms with Crippen molar-refractivity contribution in [2.24, 2.45) is 0 Å². The van der Waals surface area contributed by atoms with Crippen LogP contribution in [0.25, 0.3) is 6.08 Å². The number of halogens is 1. The minimum absolute atomic E-state index is 0.196. The molecule has 0 saturated carbocycles. The number of rotatable bonds is 6. The predicted octanol–water partition coefficient (Wildman–Crippen LogP) is 4.40. The summed E-state index contributed by atoms with van der Waals surface area (Å²) in [5, 5.41) is 11.5. The van der Waals surface area contributed by atoms with E-state index in [1.54, 1.807) is 41.4 Å². The highest BCUT2D eigenvalue weighted by Gasteiger charge is 2.13. The third-order valence-electron chi connectivity index (χ3n) is 3.85. The van der Waals surface area contributed by atoms with Gasteiger partial charge in [0.25, 0.3) is 0 Å². The van der Waals surface area contributed by atoms with E-state index in [1.165, 1.54) is 29.5 Å². The Kier molecular flexibility index (Phi) is 6.08. The number of thiazole rings is 1. The molecule has 0 fully saturated rings. The quantitative estimate of drug-likeness (QED) is 0.599. The van der Waals surface area contributed by atoms with Crippen LogP contribution in [-0.2, 0) is 17.9 Å². The molecule has 0 aliphatic heterocycles. The Labute approximate surface area is 160 Å². The van der Waals surface area contributed by atoms with Gasteiger partial charge in [-0.05, 0) is 41.5 Å². The molecule has 3 aromatic rings. The van der Waals surface area contributed by atoms with Crippen molar-refractivity contribution in [2.75, 3.05) is 0 Å². The molecule has 1 aromatic heterocycles. The van der Waals surface area contributed by atoms with Crippen molar-refractivity contribution in [1.29, 1.82) is 5.26 Å². The summed E-state index contributed by atoms with van der Waals surface area (Å²) in [7, 11) is 0. The van der Waals surface area contributed by atoms with Gasteiger partial charge in [-0.1, -0.05) is 24.3 Å². The van der Waals surface area contributed by atoms with Crippen LogP contribution in [-0.4, -0.2) is 15.8 Å². The number of aromatic nitrogens is 1. The molecule has 2 aromatic carbocycles. The van der Waals surface area contributed by atoms with E-state index in [1.807, 2.05) is 17.5 Å². The summed E-state index contributed by atoms with van der Waals surface area (Å²) in [6, 6.07) is 15.3. The Balaban J connectivity index is 1.80. The fraction of sp³-hybridized carbons (Fsp3) is 0.0952. The van der Waals surface area contributed by atoms with Gasteiger partial charge >= 0.3 is 0 Å². The summed E-state index contributed by atoms with van der Waals surface area (Å²) in [5.74, 6) is -0.532. The highest BCUT2D eigenvalue weighted by molar-refractivity contribution is 7.10. The Morgan fingerprint density at radius 2 is 1.96 bits per heavy atom. The van der Waals surface area contributed by atoms with Crippen LogP contribution in [0, 0.1) is 17.1 Å². The van der Waals surface area contributed by atoms with Gasteiger partial charge < -0.3 is 4.90 Å². The molecule has 0 aliphatic carbocycles. The van der Waals surface area contributed by atoms with Gasteiger partial charge in [0.1, 0.15) is 10.8 Å². The van der Waals surface area contributed by atoms with Crippen LogP contribution in [0.4, 0.5) is 4.39 Å². The lowest BCUT2D eigenvalue weighted by Crippen LogP contribution is -2.28.